The van der Waals surface area contributed by atoms with Gasteiger partial charge >= 0.3 is 0 Å². The van der Waals surface area contributed by atoms with Crippen molar-refractivity contribution in [2.24, 2.45) is 0 Å². The lowest BCUT2D eigenvalue weighted by molar-refractivity contribution is -0.116. The second-order valence-corrected chi connectivity index (χ2v) is 8.26. The van der Waals surface area contributed by atoms with Gasteiger partial charge in [0.05, 0.1) is 23.9 Å². The van der Waals surface area contributed by atoms with Crippen molar-refractivity contribution in [3.05, 3.63) is 50.9 Å². The summed E-state index contributed by atoms with van der Waals surface area (Å²) >= 11 is 1.21. The third kappa shape index (κ3) is 3.56. The molecule has 0 saturated carbocycles. The number of nitrogens with one attached hydrogen (secondary N) is 1. The molecule has 2 amide bonds. The zero-order valence-electron chi connectivity index (χ0n) is 17.0. The van der Waals surface area contributed by atoms with Gasteiger partial charge in [0.25, 0.3) is 11.5 Å². The van der Waals surface area contributed by atoms with Crippen molar-refractivity contribution in [1.82, 2.24) is 14.5 Å². The van der Waals surface area contributed by atoms with E-state index in [9.17, 15) is 14.4 Å². The summed E-state index contributed by atoms with van der Waals surface area (Å²) in [5.74, 6) is 0.855. The highest BCUT2D eigenvalue weighted by atomic mass is 32.1. The van der Waals surface area contributed by atoms with E-state index in [2.05, 4.69) is 10.3 Å². The van der Waals surface area contributed by atoms with E-state index in [1.807, 2.05) is 0 Å². The number of rotatable bonds is 5. The number of benzene rings is 1. The van der Waals surface area contributed by atoms with Crippen LogP contribution in [0.3, 0.4) is 0 Å². The monoisotopic (exact) mass is 426 g/mol. The van der Waals surface area contributed by atoms with Crippen LogP contribution in [0, 0.1) is 6.92 Å². The number of methoxy groups -OCH3 is 1. The largest absolute Gasteiger partial charge is 0.497 e. The Balaban J connectivity index is 1.51. The maximum atomic E-state index is 13.0. The summed E-state index contributed by atoms with van der Waals surface area (Å²) in [6, 6.07) is 6.95. The third-order valence-electron chi connectivity index (χ3n) is 5.21. The van der Waals surface area contributed by atoms with Crippen LogP contribution in [0.1, 0.15) is 27.5 Å². The van der Waals surface area contributed by atoms with Crippen LogP contribution >= 0.6 is 11.3 Å². The molecular formula is C21H22N4O4S. The molecule has 2 aromatic heterocycles. The number of ether oxygens (including phenoxy) is 1. The summed E-state index contributed by atoms with van der Waals surface area (Å²) in [7, 11) is 3.14. The number of anilines is 1. The van der Waals surface area contributed by atoms with Crippen molar-refractivity contribution in [2.45, 2.75) is 26.3 Å². The molecule has 3 aromatic rings. The Labute approximate surface area is 177 Å². The Morgan fingerprint density at radius 2 is 2.03 bits per heavy atom. The molecule has 0 atom stereocenters. The molecule has 0 saturated heterocycles. The standard InChI is InChI=1S/C21H22N4O4S/c1-12-17-19(23-15-5-4-10-25(15)20(17)27)30-18(12)21(28)24(2)11-16(26)22-13-6-8-14(29-3)9-7-13/h6-9H,4-5,10-11H2,1-3H3,(H,22,26). The van der Waals surface area contributed by atoms with Crippen molar-refractivity contribution < 1.29 is 14.3 Å². The Bertz CT molecular complexity index is 1200. The number of carbonyl (C=O) groups excluding carboxylic acids is 2. The number of hydrogen-bond donors (Lipinski definition) is 1. The van der Waals surface area contributed by atoms with Gasteiger partial charge in [-0.25, -0.2) is 4.98 Å². The van der Waals surface area contributed by atoms with E-state index in [1.54, 1.807) is 49.9 Å². The average Bonchev–Trinajstić information content (AvgIpc) is 3.33. The molecule has 0 radical (unpaired) electrons. The number of fused-ring (bicyclic) bond motifs is 2. The summed E-state index contributed by atoms with van der Waals surface area (Å²) in [4.78, 5) is 45.1. The molecule has 0 bridgehead atoms. The van der Waals surface area contributed by atoms with Gasteiger partial charge < -0.3 is 15.0 Å². The van der Waals surface area contributed by atoms with Crippen molar-refractivity contribution >= 4 is 39.1 Å². The molecule has 1 aliphatic rings. The highest BCUT2D eigenvalue weighted by Crippen LogP contribution is 2.29. The molecule has 9 heteroatoms. The smallest absolute Gasteiger partial charge is 0.264 e. The molecular weight excluding hydrogens is 404 g/mol. The minimum absolute atomic E-state index is 0.0831. The van der Waals surface area contributed by atoms with Gasteiger partial charge in [-0.15, -0.1) is 11.3 Å². The molecule has 8 nitrogen and oxygen atoms in total. The second-order valence-electron chi connectivity index (χ2n) is 7.26. The number of hydrogen-bond acceptors (Lipinski definition) is 6. The van der Waals surface area contributed by atoms with Gasteiger partial charge in [-0.1, -0.05) is 0 Å². The fourth-order valence-electron chi connectivity index (χ4n) is 3.61. The Morgan fingerprint density at radius 1 is 1.30 bits per heavy atom. The van der Waals surface area contributed by atoms with Gasteiger partial charge in [0.15, 0.2) is 0 Å². The fraction of sp³-hybridized carbons (Fsp3) is 0.333. The van der Waals surface area contributed by atoms with Crippen molar-refractivity contribution in [3.8, 4) is 5.75 Å². The van der Waals surface area contributed by atoms with E-state index in [-0.39, 0.29) is 23.9 Å². The molecule has 0 aliphatic carbocycles. The van der Waals surface area contributed by atoms with Crippen molar-refractivity contribution in [2.75, 3.05) is 26.0 Å². The molecule has 30 heavy (non-hydrogen) atoms. The molecule has 0 fully saturated rings. The predicted octanol–water partition coefficient (Wildman–Crippen LogP) is 2.43. The summed E-state index contributed by atoms with van der Waals surface area (Å²) in [6.07, 6.45) is 1.69. The van der Waals surface area contributed by atoms with Crippen LogP contribution in [-0.2, 0) is 17.8 Å². The molecule has 1 aromatic carbocycles. The van der Waals surface area contributed by atoms with E-state index in [1.165, 1.54) is 16.2 Å². The topological polar surface area (TPSA) is 93.5 Å². The van der Waals surface area contributed by atoms with Gasteiger partial charge in [0, 0.05) is 25.7 Å². The van der Waals surface area contributed by atoms with E-state index < -0.39 is 0 Å². The minimum Gasteiger partial charge on any atom is -0.497 e. The summed E-state index contributed by atoms with van der Waals surface area (Å²) in [6.45, 7) is 2.32. The molecule has 1 aliphatic heterocycles. The lowest BCUT2D eigenvalue weighted by atomic mass is 10.2. The van der Waals surface area contributed by atoms with Crippen LogP contribution in [-0.4, -0.2) is 47.0 Å². The second kappa shape index (κ2) is 7.91. The number of nitrogens with zero attached hydrogens (tertiary/aromatic N) is 3. The maximum Gasteiger partial charge on any atom is 0.264 e. The average molecular weight is 426 g/mol. The van der Waals surface area contributed by atoms with Gasteiger partial charge in [0.1, 0.15) is 16.4 Å². The SMILES string of the molecule is COc1ccc(NC(=O)CN(C)C(=O)c2sc3nc4n(c(=O)c3c2C)CCC4)cc1. The molecule has 0 unspecified atom stereocenters. The number of thiophene rings is 1. The first-order valence-electron chi connectivity index (χ1n) is 9.61. The van der Waals surface area contributed by atoms with Crippen LogP contribution in [0.15, 0.2) is 29.1 Å². The first-order chi connectivity index (χ1) is 14.4. The van der Waals surface area contributed by atoms with Crippen LogP contribution in [0.25, 0.3) is 10.2 Å². The third-order valence-corrected chi connectivity index (χ3v) is 6.38. The highest BCUT2D eigenvalue weighted by Gasteiger charge is 2.25. The normalized spacial score (nSPS) is 12.6. The lowest BCUT2D eigenvalue weighted by Crippen LogP contribution is -2.34. The quantitative estimate of drug-likeness (QED) is 0.676. The first-order valence-corrected chi connectivity index (χ1v) is 10.4. The number of aromatic nitrogens is 2. The van der Waals surface area contributed by atoms with E-state index in [0.29, 0.717) is 38.6 Å². The number of carbonyl (C=O) groups is 2. The lowest BCUT2D eigenvalue weighted by Gasteiger charge is -2.16. The zero-order valence-corrected chi connectivity index (χ0v) is 17.8. The van der Waals surface area contributed by atoms with Crippen LogP contribution < -0.4 is 15.6 Å². The number of likely N-dealkylation sites (N-methyl/N-ethyl adjacent to an activating group) is 1. The molecule has 3 heterocycles. The van der Waals surface area contributed by atoms with Crippen LogP contribution in [0.4, 0.5) is 5.69 Å². The van der Waals surface area contributed by atoms with Crippen LogP contribution in [0.2, 0.25) is 0 Å². The summed E-state index contributed by atoms with van der Waals surface area (Å²) in [5, 5.41) is 3.26. The molecule has 1 N–H and O–H groups in total. The summed E-state index contributed by atoms with van der Waals surface area (Å²) < 4.78 is 6.79. The molecule has 0 spiro atoms. The Morgan fingerprint density at radius 3 is 2.73 bits per heavy atom. The fourth-order valence-corrected chi connectivity index (χ4v) is 4.80. The first kappa shape index (κ1) is 20.1. The molecule has 156 valence electrons. The van der Waals surface area contributed by atoms with Gasteiger partial charge in [-0.3, -0.25) is 19.0 Å². The van der Waals surface area contributed by atoms with Crippen LogP contribution in [0.5, 0.6) is 5.75 Å². The predicted molar refractivity (Wildman–Crippen MR) is 116 cm³/mol. The number of aryl methyl sites for hydroxylation is 2. The Kier molecular flexibility index (Phi) is 5.29. The number of amides is 2. The van der Waals surface area contributed by atoms with Gasteiger partial charge in [-0.05, 0) is 43.2 Å². The van der Waals surface area contributed by atoms with Gasteiger partial charge in [0.2, 0.25) is 5.91 Å². The summed E-state index contributed by atoms with van der Waals surface area (Å²) in [5.41, 5.74) is 1.16. The van der Waals surface area contributed by atoms with Crippen molar-refractivity contribution in [1.29, 1.82) is 0 Å². The van der Waals surface area contributed by atoms with E-state index in [4.69, 9.17) is 4.74 Å². The minimum atomic E-state index is -0.313. The zero-order chi connectivity index (χ0) is 21.4. The Hall–Kier alpha value is -3.20. The van der Waals surface area contributed by atoms with E-state index >= 15 is 0 Å². The van der Waals surface area contributed by atoms with Gasteiger partial charge in [-0.2, -0.15) is 0 Å². The maximum absolute atomic E-state index is 13.0. The highest BCUT2D eigenvalue weighted by molar-refractivity contribution is 7.20. The van der Waals surface area contributed by atoms with Crippen molar-refractivity contribution in [3.63, 3.8) is 0 Å². The molecule has 4 rings (SSSR count). The van der Waals surface area contributed by atoms with E-state index in [0.717, 1.165) is 18.7 Å².